The van der Waals surface area contributed by atoms with Gasteiger partial charge in [0.2, 0.25) is 0 Å². The summed E-state index contributed by atoms with van der Waals surface area (Å²) in [5.74, 6) is 0.234. The topological polar surface area (TPSA) is 68.3 Å². The first-order valence-electron chi connectivity index (χ1n) is 7.75. The molecule has 0 aliphatic carbocycles. The Kier molecular flexibility index (Phi) is 7.46. The van der Waals surface area contributed by atoms with Crippen LogP contribution in [0.1, 0.15) is 35.3 Å². The van der Waals surface area contributed by atoms with Crippen molar-refractivity contribution in [3.8, 4) is 0 Å². The van der Waals surface area contributed by atoms with Gasteiger partial charge < -0.3 is 10.1 Å². The van der Waals surface area contributed by atoms with Gasteiger partial charge in [0.15, 0.2) is 0 Å². The third-order valence-electron chi connectivity index (χ3n) is 3.44. The van der Waals surface area contributed by atoms with Gasteiger partial charge in [-0.25, -0.2) is 4.98 Å². The van der Waals surface area contributed by atoms with Gasteiger partial charge in [0, 0.05) is 16.2 Å². The Morgan fingerprint density at radius 3 is 2.80 bits per heavy atom. The maximum atomic E-state index is 12.6. The summed E-state index contributed by atoms with van der Waals surface area (Å²) in [5.41, 5.74) is 1.33. The van der Waals surface area contributed by atoms with Gasteiger partial charge in [-0.05, 0) is 35.6 Å². The van der Waals surface area contributed by atoms with Crippen LogP contribution in [0.4, 0.5) is 0 Å². The van der Waals surface area contributed by atoms with Crippen LogP contribution in [0.25, 0.3) is 0 Å². The predicted octanol–water partition coefficient (Wildman–Crippen LogP) is 3.99. The van der Waals surface area contributed by atoms with Crippen molar-refractivity contribution in [1.82, 2.24) is 10.3 Å². The van der Waals surface area contributed by atoms with E-state index in [9.17, 15) is 9.59 Å². The van der Waals surface area contributed by atoms with Crippen molar-refractivity contribution in [2.75, 3.05) is 12.9 Å². The van der Waals surface area contributed by atoms with Crippen LogP contribution >= 0.6 is 27.7 Å². The Balaban J connectivity index is 2.22. The first-order valence-corrected chi connectivity index (χ1v) is 9.53. The number of carbonyl (C=O) groups is 2. The van der Waals surface area contributed by atoms with E-state index in [4.69, 9.17) is 4.74 Å². The molecule has 0 aliphatic rings. The van der Waals surface area contributed by atoms with Crippen molar-refractivity contribution >= 4 is 39.6 Å². The highest BCUT2D eigenvalue weighted by molar-refractivity contribution is 9.10. The van der Waals surface area contributed by atoms with Gasteiger partial charge in [-0.2, -0.15) is 0 Å². The Bertz CT molecular complexity index is 755. The smallest absolute Gasteiger partial charge is 0.307 e. The molecule has 5 nitrogen and oxygen atoms in total. The largest absolute Gasteiger partial charge is 0.469 e. The van der Waals surface area contributed by atoms with Crippen LogP contribution in [0.2, 0.25) is 0 Å². The van der Waals surface area contributed by atoms with Gasteiger partial charge in [0.1, 0.15) is 0 Å². The van der Waals surface area contributed by atoms with E-state index in [1.54, 1.807) is 30.1 Å². The fourth-order valence-electron chi connectivity index (χ4n) is 2.24. The van der Waals surface area contributed by atoms with Crippen LogP contribution in [0.5, 0.6) is 0 Å². The second kappa shape index (κ2) is 9.58. The van der Waals surface area contributed by atoms with Crippen LogP contribution in [0.15, 0.2) is 52.1 Å². The van der Waals surface area contributed by atoms with E-state index >= 15 is 0 Å². The van der Waals surface area contributed by atoms with Crippen LogP contribution in [-0.2, 0) is 9.53 Å². The Labute approximate surface area is 159 Å². The number of esters is 1. The molecule has 0 saturated carbocycles. The molecule has 1 aromatic carbocycles. The first-order chi connectivity index (χ1) is 12.0. The van der Waals surface area contributed by atoms with Crippen molar-refractivity contribution in [3.63, 3.8) is 0 Å². The van der Waals surface area contributed by atoms with Crippen molar-refractivity contribution in [2.45, 2.75) is 24.4 Å². The summed E-state index contributed by atoms with van der Waals surface area (Å²) >= 11 is 4.98. The molecule has 1 heterocycles. The number of hydrogen-bond donors (Lipinski definition) is 1. The average Bonchev–Trinajstić information content (AvgIpc) is 2.61. The number of methoxy groups -OCH3 is 1. The number of amides is 1. The number of ether oxygens (including phenoxy) is 1. The molecule has 0 bridgehead atoms. The lowest BCUT2D eigenvalue weighted by atomic mass is 10.0. The number of nitrogens with zero attached hydrogens (tertiary/aromatic N) is 1. The molecule has 1 aromatic heterocycles. The Hall–Kier alpha value is -1.86. The number of benzene rings is 1. The van der Waals surface area contributed by atoms with Crippen molar-refractivity contribution in [3.05, 3.63) is 58.2 Å². The minimum atomic E-state index is -0.479. The van der Waals surface area contributed by atoms with E-state index < -0.39 is 6.04 Å². The summed E-state index contributed by atoms with van der Waals surface area (Å²) in [6.45, 7) is 2.03. The van der Waals surface area contributed by atoms with Gasteiger partial charge >= 0.3 is 5.97 Å². The number of rotatable bonds is 7. The summed E-state index contributed by atoms with van der Waals surface area (Å²) in [5, 5.41) is 3.71. The first kappa shape index (κ1) is 19.5. The molecule has 7 heteroatoms. The Morgan fingerprint density at radius 1 is 1.32 bits per heavy atom. The molecular weight excluding hydrogens is 404 g/mol. The molecule has 1 unspecified atom stereocenters. The summed E-state index contributed by atoms with van der Waals surface area (Å²) in [7, 11) is 1.33. The third-order valence-corrected chi connectivity index (χ3v) is 4.75. The number of aromatic nitrogens is 1. The molecule has 0 radical (unpaired) electrons. The highest BCUT2D eigenvalue weighted by Crippen LogP contribution is 2.22. The number of carbonyl (C=O) groups excluding carboxylic acids is 2. The zero-order valence-electron chi connectivity index (χ0n) is 14.0. The van der Waals surface area contributed by atoms with E-state index in [0.717, 1.165) is 20.8 Å². The molecule has 0 aliphatic heterocycles. The van der Waals surface area contributed by atoms with Gasteiger partial charge in [-0.1, -0.05) is 35.0 Å². The van der Waals surface area contributed by atoms with Gasteiger partial charge in [0.05, 0.1) is 24.6 Å². The molecule has 0 fully saturated rings. The maximum Gasteiger partial charge on any atom is 0.307 e. The van der Waals surface area contributed by atoms with Crippen LogP contribution < -0.4 is 5.32 Å². The van der Waals surface area contributed by atoms with Gasteiger partial charge in [0.25, 0.3) is 5.91 Å². The zero-order chi connectivity index (χ0) is 18.2. The van der Waals surface area contributed by atoms with Crippen LogP contribution in [-0.4, -0.2) is 29.7 Å². The molecular formula is C18H19BrN2O3S. The minimum absolute atomic E-state index is 0.0559. The summed E-state index contributed by atoms with van der Waals surface area (Å²) in [6, 6.07) is 10.4. The number of nitrogens with one attached hydrogen (secondary N) is 1. The van der Waals surface area contributed by atoms with Crippen molar-refractivity contribution in [2.24, 2.45) is 0 Å². The molecule has 0 spiro atoms. The number of hydrogen-bond acceptors (Lipinski definition) is 5. The fourth-order valence-corrected chi connectivity index (χ4v) is 3.30. The number of pyridine rings is 1. The number of thioether (sulfide) groups is 1. The quantitative estimate of drug-likeness (QED) is 0.539. The lowest BCUT2D eigenvalue weighted by molar-refractivity contribution is -0.141. The van der Waals surface area contributed by atoms with Crippen molar-refractivity contribution < 1.29 is 14.3 Å². The highest BCUT2D eigenvalue weighted by Gasteiger charge is 2.20. The van der Waals surface area contributed by atoms with Crippen LogP contribution in [0, 0.1) is 0 Å². The lowest BCUT2D eigenvalue weighted by Gasteiger charge is -2.18. The molecule has 25 heavy (non-hydrogen) atoms. The third kappa shape index (κ3) is 5.86. The van der Waals surface area contributed by atoms with E-state index in [0.29, 0.717) is 5.56 Å². The van der Waals surface area contributed by atoms with Crippen LogP contribution in [0.3, 0.4) is 0 Å². The second-order valence-corrected chi connectivity index (χ2v) is 7.38. The van der Waals surface area contributed by atoms with E-state index in [-0.39, 0.29) is 18.3 Å². The molecule has 0 saturated heterocycles. The van der Waals surface area contributed by atoms with Gasteiger partial charge in [-0.3, -0.25) is 9.59 Å². The molecule has 132 valence electrons. The number of halogens is 1. The normalized spacial score (nSPS) is 11.6. The zero-order valence-corrected chi connectivity index (χ0v) is 16.4. The van der Waals surface area contributed by atoms with E-state index in [1.807, 2.05) is 31.2 Å². The van der Waals surface area contributed by atoms with Crippen molar-refractivity contribution in [1.29, 1.82) is 0 Å². The predicted molar refractivity (Wildman–Crippen MR) is 102 cm³/mol. The summed E-state index contributed by atoms with van der Waals surface area (Å²) in [6.07, 6.45) is 1.67. The molecule has 1 atom stereocenters. The minimum Gasteiger partial charge on any atom is -0.469 e. The highest BCUT2D eigenvalue weighted by atomic mass is 79.9. The lowest BCUT2D eigenvalue weighted by Crippen LogP contribution is -2.30. The molecule has 1 amide bonds. The molecule has 2 aromatic rings. The van der Waals surface area contributed by atoms with Gasteiger partial charge in [-0.15, -0.1) is 11.8 Å². The molecule has 2 rings (SSSR count). The molecule has 1 N–H and O–H groups in total. The second-order valence-electron chi connectivity index (χ2n) is 5.18. The fraction of sp³-hybridized carbons (Fsp3) is 0.278. The summed E-state index contributed by atoms with van der Waals surface area (Å²) < 4.78 is 5.63. The van der Waals surface area contributed by atoms with E-state index in [2.05, 4.69) is 26.2 Å². The standard InChI is InChI=1S/C18H19BrN2O3S/c1-3-25-16-10-13(7-8-20-16)18(23)21-15(11-17(22)24-2)12-5-4-6-14(19)9-12/h4-10,15H,3,11H2,1-2H3,(H,21,23). The SMILES string of the molecule is CCSc1cc(C(=O)NC(CC(=O)OC)c2cccc(Br)c2)ccn1. The monoisotopic (exact) mass is 422 g/mol. The van der Waals surface area contributed by atoms with E-state index in [1.165, 1.54) is 7.11 Å². The average molecular weight is 423 g/mol. The Morgan fingerprint density at radius 2 is 2.12 bits per heavy atom. The maximum absolute atomic E-state index is 12.6. The summed E-state index contributed by atoms with van der Waals surface area (Å²) in [4.78, 5) is 28.6.